The van der Waals surface area contributed by atoms with Crippen molar-refractivity contribution in [3.8, 4) is 0 Å². The fourth-order valence-corrected chi connectivity index (χ4v) is 16.6. The molecule has 0 aromatic heterocycles. The van der Waals surface area contributed by atoms with E-state index in [0.29, 0.717) is 12.8 Å². The third-order valence-electron chi connectivity index (χ3n) is 22.7. The van der Waals surface area contributed by atoms with Gasteiger partial charge in [0.25, 0.3) is 0 Å². The molecule has 1 unspecified atom stereocenters. The zero-order valence-electron chi connectivity index (χ0n) is 62.6. The third-order valence-corrected chi connectivity index (χ3v) is 22.7. The molecule has 30 atom stereocenters. The first-order chi connectivity index (χ1) is 51.4. The van der Waals surface area contributed by atoms with Crippen molar-refractivity contribution in [1.29, 1.82) is 0 Å². The molecule has 4 saturated carbocycles. The van der Waals surface area contributed by atoms with E-state index in [1.54, 1.807) is 0 Å². The van der Waals surface area contributed by atoms with Crippen LogP contribution in [0, 0.1) is 35.5 Å². The summed E-state index contributed by atoms with van der Waals surface area (Å²) in [7, 11) is 0. The molecular weight excluding hydrogens is 1430 g/mol. The van der Waals surface area contributed by atoms with Crippen molar-refractivity contribution in [2.24, 2.45) is 35.5 Å². The summed E-state index contributed by atoms with van der Waals surface area (Å²) in [4.78, 5) is 106. The predicted molar refractivity (Wildman–Crippen MR) is 372 cm³/mol. The van der Waals surface area contributed by atoms with Gasteiger partial charge in [0, 0.05) is 64.7 Å². The Labute approximate surface area is 628 Å². The van der Waals surface area contributed by atoms with Crippen molar-refractivity contribution >= 4 is 47.4 Å². The van der Waals surface area contributed by atoms with E-state index in [2.05, 4.69) is 31.9 Å². The number of nitrogens with one attached hydrogen (secondary N) is 6. The lowest BCUT2D eigenvalue weighted by atomic mass is 9.75. The molecule has 0 bridgehead atoms. The second-order valence-electron chi connectivity index (χ2n) is 30.6. The van der Waals surface area contributed by atoms with Gasteiger partial charge in [0.2, 0.25) is 35.4 Å². The van der Waals surface area contributed by atoms with Crippen LogP contribution in [0.3, 0.4) is 0 Å². The van der Waals surface area contributed by atoms with E-state index in [1.807, 2.05) is 13.8 Å². The summed E-state index contributed by atoms with van der Waals surface area (Å²) < 4.78 is 62.6. The molecule has 4 saturated heterocycles. The van der Waals surface area contributed by atoms with E-state index in [-0.39, 0.29) is 89.4 Å². The summed E-state index contributed by atoms with van der Waals surface area (Å²) in [5.41, 5.74) is 0. The van der Waals surface area contributed by atoms with Crippen LogP contribution in [-0.4, -0.2) is 307 Å². The number of ether oxygens (including phenoxy) is 10. The lowest BCUT2D eigenvalue weighted by Gasteiger charge is -2.49. The molecule has 36 heteroatoms. The Balaban J connectivity index is 0.862. The fourth-order valence-electron chi connectivity index (χ4n) is 16.6. The summed E-state index contributed by atoms with van der Waals surface area (Å²) in [5, 5.41) is 146. The molecule has 4 aliphatic heterocycles. The van der Waals surface area contributed by atoms with Crippen molar-refractivity contribution in [2.45, 2.75) is 329 Å². The van der Waals surface area contributed by atoms with Crippen LogP contribution in [0.15, 0.2) is 0 Å². The Morgan fingerprint density at radius 1 is 0.426 bits per heavy atom. The Bertz CT molecular complexity index is 2700. The van der Waals surface area contributed by atoms with Gasteiger partial charge in [-0.1, -0.05) is 90.9 Å². The summed E-state index contributed by atoms with van der Waals surface area (Å²) in [6.07, 6.45) is -25.5. The molecule has 4 heterocycles. The second kappa shape index (κ2) is 42.2. The van der Waals surface area contributed by atoms with E-state index < -0.39 is 244 Å². The minimum atomic E-state index is -1.75. The van der Waals surface area contributed by atoms with Crippen LogP contribution in [0.1, 0.15) is 170 Å². The smallest absolute Gasteiger partial charge is 0.332 e. The van der Waals surface area contributed by atoms with Crippen molar-refractivity contribution in [3.05, 3.63) is 0 Å². The molecule has 0 spiro atoms. The first kappa shape index (κ1) is 88.5. The molecule has 18 N–H and O–H groups in total. The lowest BCUT2D eigenvalue weighted by molar-refractivity contribution is -0.338. The first-order valence-electron chi connectivity index (χ1n) is 38.7. The first-order valence-corrected chi connectivity index (χ1v) is 38.7. The lowest BCUT2D eigenvalue weighted by Crippen LogP contribution is -2.67. The van der Waals surface area contributed by atoms with Gasteiger partial charge in [-0.25, -0.2) is 9.59 Å². The normalized spacial score (nSPS) is 38.4. The molecule has 6 amide bonds. The highest BCUT2D eigenvalue weighted by Crippen LogP contribution is 2.43. The van der Waals surface area contributed by atoms with Crippen molar-refractivity contribution < 1.29 is 147 Å². The zero-order chi connectivity index (χ0) is 78.8. The van der Waals surface area contributed by atoms with Crippen molar-refractivity contribution in [2.75, 3.05) is 39.4 Å². The summed E-state index contributed by atoms with van der Waals surface area (Å²) in [6, 6.07) is -2.82. The van der Waals surface area contributed by atoms with Gasteiger partial charge in [-0.2, -0.15) is 0 Å². The van der Waals surface area contributed by atoms with Gasteiger partial charge >= 0.3 is 11.9 Å². The topological polar surface area (TPSA) is 544 Å². The average Bonchev–Trinajstić information content (AvgIpc) is 0.777. The zero-order valence-corrected chi connectivity index (χ0v) is 62.6. The number of hydrogen-bond acceptors (Lipinski definition) is 28. The standard InChI is InChI=1S/C72H120N6O30/c1-7-39-27-41(29-43(61(39)107-71-59(91)57(89)53(85)33(3)99-71)103-69-51(77-35(5)81)63(55(87)47(31-79)105-69)101-45(67(95)96)25-37-15-11-9-12-16-37)65(93)75-23-21-73-49(83)19-20-50(84)74-22-24-76-66(94)42-28-40(8-2)62(108-72-60(92)58(90)54(86)34(4)100-72)44(30-42)104-70-52(78-36(6)82)64(56(88)48(32-80)106-70)102-46(68(97)98)26-38-17-13-10-14-18-38/h33-34,37-48,51-64,69-72,79-80,85-92H,7-32H2,1-6H3,(H,73,83)(H,74,84)(H,75,93)(H,76,94)(H,77,81)(H,78,82)(H,95,96)(H,97,98)/t33-,34-,39-,40-,41+,42?,43+,44+,45-,46-,47+,48+,51+,52+,53+,54+,55-,56-,57+,58+,59-,60-,61+,62+,63+,64+,69+,70+,71-,72-/m0/s1. The molecule has 618 valence electrons. The van der Waals surface area contributed by atoms with Crippen LogP contribution in [-0.2, 0) is 85.7 Å². The Kier molecular flexibility index (Phi) is 34.6. The number of rotatable bonds is 35. The molecule has 0 aromatic carbocycles. The number of amides is 6. The van der Waals surface area contributed by atoms with E-state index in [0.717, 1.165) is 64.2 Å². The number of aliphatic hydroxyl groups excluding tert-OH is 10. The Morgan fingerprint density at radius 2 is 0.778 bits per heavy atom. The summed E-state index contributed by atoms with van der Waals surface area (Å²) in [6.45, 7) is 7.03. The fraction of sp³-hybridized carbons (Fsp3) is 0.889. The van der Waals surface area contributed by atoms with Crippen LogP contribution in [0.5, 0.6) is 0 Å². The van der Waals surface area contributed by atoms with Gasteiger partial charge < -0.3 is 141 Å². The van der Waals surface area contributed by atoms with E-state index in [1.165, 1.54) is 27.7 Å². The van der Waals surface area contributed by atoms with Crippen molar-refractivity contribution in [3.63, 3.8) is 0 Å². The van der Waals surface area contributed by atoms with Crippen LogP contribution in [0.25, 0.3) is 0 Å². The number of carbonyl (C=O) groups excluding carboxylic acids is 6. The molecule has 0 radical (unpaired) electrons. The van der Waals surface area contributed by atoms with E-state index >= 15 is 0 Å². The number of carboxylic acids is 2. The van der Waals surface area contributed by atoms with Gasteiger partial charge in [-0.05, 0) is 76.0 Å². The van der Waals surface area contributed by atoms with E-state index in [4.69, 9.17) is 47.4 Å². The van der Waals surface area contributed by atoms with Gasteiger partial charge in [0.15, 0.2) is 37.4 Å². The van der Waals surface area contributed by atoms with Crippen LogP contribution >= 0.6 is 0 Å². The minimum absolute atomic E-state index is 0.0105. The molecule has 8 aliphatic rings. The molecule has 8 rings (SSSR count). The highest BCUT2D eigenvalue weighted by atomic mass is 16.7. The van der Waals surface area contributed by atoms with Gasteiger partial charge in [-0.15, -0.1) is 0 Å². The van der Waals surface area contributed by atoms with Crippen LogP contribution in [0.4, 0.5) is 0 Å². The maximum absolute atomic E-state index is 14.2. The van der Waals surface area contributed by atoms with Gasteiger partial charge in [-0.3, -0.25) is 28.8 Å². The summed E-state index contributed by atoms with van der Waals surface area (Å²) in [5.74, 6) is -8.70. The molecule has 8 fully saturated rings. The van der Waals surface area contributed by atoms with Gasteiger partial charge in [0.1, 0.15) is 85.3 Å². The SMILES string of the molecule is CC[C@H]1CC(C(=O)NCCNC(=O)CCC(=O)NCCNC(=O)[C@@H]2C[C@H](CC)[C@@H](O[C@@H]3O[C@@H](C)[C@@H](O)[C@@H](O)[C@@H]3O)[C@H](O[C@@H]3O[C@H](CO)[C@H](O)[C@H](O[C@@H](CC4CCCCC4)C(=O)O)[C@H]3NC(C)=O)C2)C[C@@H](O[C@@H]2O[C@H](CO)[C@H](O)[C@H](O[C@@H](CC3CCCCC3)C(=O)O)[C@H]2NC(C)=O)[C@@H]1O[C@@H]1O[C@@H](C)[C@@H](O)[C@@H](O)[C@@H]1O. The number of carbonyl (C=O) groups is 8. The van der Waals surface area contributed by atoms with Crippen LogP contribution < -0.4 is 31.9 Å². The Morgan fingerprint density at radius 3 is 1.10 bits per heavy atom. The quantitative estimate of drug-likeness (QED) is 0.0283. The molecular formula is C72H120N6O30. The number of carboxylic acid groups (broad SMARTS) is 2. The maximum Gasteiger partial charge on any atom is 0.332 e. The maximum atomic E-state index is 14.2. The van der Waals surface area contributed by atoms with Gasteiger partial charge in [0.05, 0.1) is 49.8 Å². The summed E-state index contributed by atoms with van der Waals surface area (Å²) >= 11 is 0. The monoisotopic (exact) mass is 1550 g/mol. The molecule has 4 aliphatic carbocycles. The largest absolute Gasteiger partial charge is 0.479 e. The van der Waals surface area contributed by atoms with Crippen molar-refractivity contribution in [1.82, 2.24) is 31.9 Å². The van der Waals surface area contributed by atoms with Crippen LogP contribution in [0.2, 0.25) is 0 Å². The Hall–Kier alpha value is -5.04. The number of hydrogen-bond donors (Lipinski definition) is 18. The molecule has 0 aromatic rings. The molecule has 36 nitrogen and oxygen atoms in total. The third kappa shape index (κ3) is 23.8. The average molecular weight is 1550 g/mol. The molecule has 108 heavy (non-hydrogen) atoms. The predicted octanol–water partition coefficient (Wildman–Crippen LogP) is -2.92. The number of aliphatic carboxylic acids is 2. The minimum Gasteiger partial charge on any atom is -0.479 e. The highest BCUT2D eigenvalue weighted by Gasteiger charge is 2.56. The van der Waals surface area contributed by atoms with E-state index in [9.17, 15) is 99.6 Å². The number of aliphatic hydroxyl groups is 10. The highest BCUT2D eigenvalue weighted by molar-refractivity contribution is 5.84. The second-order valence-corrected chi connectivity index (χ2v) is 30.6.